The summed E-state index contributed by atoms with van der Waals surface area (Å²) in [6.45, 7) is 2.67. The van der Waals surface area contributed by atoms with Crippen molar-refractivity contribution in [1.82, 2.24) is 5.32 Å². The van der Waals surface area contributed by atoms with Gasteiger partial charge in [0.25, 0.3) is 0 Å². The number of rotatable bonds is 1. The number of nitrogens with one attached hydrogen (secondary N) is 1. The molecule has 0 aromatic heterocycles. The van der Waals surface area contributed by atoms with Crippen molar-refractivity contribution >= 4 is 5.91 Å². The van der Waals surface area contributed by atoms with E-state index < -0.39 is 5.92 Å². The van der Waals surface area contributed by atoms with E-state index in [-0.39, 0.29) is 11.8 Å². The van der Waals surface area contributed by atoms with Crippen LogP contribution in [0.25, 0.3) is 0 Å². The zero-order valence-electron chi connectivity index (χ0n) is 5.92. The lowest BCUT2D eigenvalue weighted by molar-refractivity contribution is -0.121. The quantitative estimate of drug-likeness (QED) is 0.566. The molecule has 54 valence electrons. The summed E-state index contributed by atoms with van der Waals surface area (Å²) < 4.78 is 0. The number of carbonyl (C=O) groups excluding carboxylic acids is 1. The molecule has 1 aliphatic heterocycles. The zero-order valence-corrected chi connectivity index (χ0v) is 5.92. The van der Waals surface area contributed by atoms with Crippen molar-refractivity contribution in [3.63, 3.8) is 0 Å². The van der Waals surface area contributed by atoms with Gasteiger partial charge in [0.05, 0.1) is 6.07 Å². The molecule has 0 radical (unpaired) electrons. The molecule has 0 aromatic rings. The molecule has 0 spiro atoms. The van der Waals surface area contributed by atoms with E-state index >= 15 is 0 Å². The number of carbonyl (C=O) groups is 1. The minimum absolute atomic E-state index is 0.102. The fraction of sp³-hybridized carbons (Fsp3) is 0.714. The Hall–Kier alpha value is -1.04. The van der Waals surface area contributed by atoms with Gasteiger partial charge in [-0.05, 0) is 6.42 Å². The highest BCUT2D eigenvalue weighted by Gasteiger charge is 2.32. The van der Waals surface area contributed by atoms with Crippen LogP contribution in [0.3, 0.4) is 0 Å². The summed E-state index contributed by atoms with van der Waals surface area (Å²) in [6, 6.07) is 2.00. The molecule has 2 unspecified atom stereocenters. The lowest BCUT2D eigenvalue weighted by Gasteiger charge is -2.04. The molecular formula is C7H10N2O. The Kier molecular flexibility index (Phi) is 1.91. The molecule has 10 heavy (non-hydrogen) atoms. The first-order valence-corrected chi connectivity index (χ1v) is 3.47. The minimum atomic E-state index is -0.398. The lowest BCUT2D eigenvalue weighted by Crippen LogP contribution is -2.18. The van der Waals surface area contributed by atoms with E-state index in [2.05, 4.69) is 5.32 Å². The van der Waals surface area contributed by atoms with Gasteiger partial charge in [0.2, 0.25) is 5.91 Å². The minimum Gasteiger partial charge on any atom is -0.355 e. The van der Waals surface area contributed by atoms with E-state index in [1.165, 1.54) is 0 Å². The maximum Gasteiger partial charge on any atom is 0.237 e. The van der Waals surface area contributed by atoms with Crippen LogP contribution in [0.2, 0.25) is 0 Å². The SMILES string of the molecule is CCC1CNC(=O)C1C#N. The number of nitriles is 1. The van der Waals surface area contributed by atoms with Gasteiger partial charge in [-0.15, -0.1) is 0 Å². The molecule has 1 N–H and O–H groups in total. The standard InChI is InChI=1S/C7H10N2O/c1-2-5-4-9-7(10)6(5)3-8/h5-6H,2,4H2,1H3,(H,9,10). The van der Waals surface area contributed by atoms with Gasteiger partial charge in [0, 0.05) is 12.5 Å². The fourth-order valence-electron chi connectivity index (χ4n) is 1.22. The van der Waals surface area contributed by atoms with Crippen molar-refractivity contribution in [3.8, 4) is 6.07 Å². The predicted octanol–water partition coefficient (Wildman–Crippen LogP) is 0.282. The number of amides is 1. The molecule has 0 aliphatic carbocycles. The Labute approximate surface area is 60.0 Å². The van der Waals surface area contributed by atoms with Crippen LogP contribution in [-0.2, 0) is 4.79 Å². The third-order valence-corrected chi connectivity index (χ3v) is 1.96. The number of hydrogen-bond donors (Lipinski definition) is 1. The van der Waals surface area contributed by atoms with Gasteiger partial charge in [0.1, 0.15) is 5.92 Å². The molecule has 1 amide bonds. The molecule has 2 atom stereocenters. The van der Waals surface area contributed by atoms with Crippen molar-refractivity contribution in [1.29, 1.82) is 5.26 Å². The first kappa shape index (κ1) is 7.07. The first-order valence-electron chi connectivity index (χ1n) is 3.47. The van der Waals surface area contributed by atoms with Gasteiger partial charge < -0.3 is 5.32 Å². The highest BCUT2D eigenvalue weighted by atomic mass is 16.2. The van der Waals surface area contributed by atoms with E-state index in [1.54, 1.807) is 0 Å². The van der Waals surface area contributed by atoms with E-state index in [0.717, 1.165) is 6.42 Å². The van der Waals surface area contributed by atoms with Crippen LogP contribution in [0.5, 0.6) is 0 Å². The molecule has 1 heterocycles. The van der Waals surface area contributed by atoms with Gasteiger partial charge in [-0.2, -0.15) is 5.26 Å². The largest absolute Gasteiger partial charge is 0.355 e. The van der Waals surface area contributed by atoms with Crippen molar-refractivity contribution < 1.29 is 4.79 Å². The maximum absolute atomic E-state index is 10.8. The summed E-state index contributed by atoms with van der Waals surface area (Å²) in [7, 11) is 0. The van der Waals surface area contributed by atoms with Crippen LogP contribution >= 0.6 is 0 Å². The second-order valence-electron chi connectivity index (χ2n) is 2.52. The van der Waals surface area contributed by atoms with E-state index in [0.29, 0.717) is 6.54 Å². The number of nitrogens with zero attached hydrogens (tertiary/aromatic N) is 1. The summed E-state index contributed by atoms with van der Waals surface area (Å²) in [5.41, 5.74) is 0. The molecule has 0 saturated carbocycles. The molecule has 1 fully saturated rings. The average Bonchev–Trinajstić information content (AvgIpc) is 2.30. The summed E-state index contributed by atoms with van der Waals surface area (Å²) in [6.07, 6.45) is 0.900. The Morgan fingerprint density at radius 2 is 2.60 bits per heavy atom. The predicted molar refractivity (Wildman–Crippen MR) is 35.9 cm³/mol. The number of hydrogen-bond acceptors (Lipinski definition) is 2. The third-order valence-electron chi connectivity index (χ3n) is 1.96. The summed E-state index contributed by atoms with van der Waals surface area (Å²) >= 11 is 0. The lowest BCUT2D eigenvalue weighted by atomic mass is 9.95. The van der Waals surface area contributed by atoms with Crippen molar-refractivity contribution in [2.75, 3.05) is 6.54 Å². The molecule has 0 aromatic carbocycles. The van der Waals surface area contributed by atoms with Crippen LogP contribution in [0, 0.1) is 23.2 Å². The van der Waals surface area contributed by atoms with E-state index in [1.807, 2.05) is 13.0 Å². The highest BCUT2D eigenvalue weighted by Crippen LogP contribution is 2.19. The fourth-order valence-corrected chi connectivity index (χ4v) is 1.22. The van der Waals surface area contributed by atoms with E-state index in [4.69, 9.17) is 5.26 Å². The highest BCUT2D eigenvalue weighted by molar-refractivity contribution is 5.83. The Balaban J connectivity index is 2.65. The molecule has 1 aliphatic rings. The van der Waals surface area contributed by atoms with Crippen LogP contribution in [0.4, 0.5) is 0 Å². The van der Waals surface area contributed by atoms with Crippen molar-refractivity contribution in [2.24, 2.45) is 11.8 Å². The van der Waals surface area contributed by atoms with Gasteiger partial charge in [-0.25, -0.2) is 0 Å². The zero-order chi connectivity index (χ0) is 7.56. The van der Waals surface area contributed by atoms with Gasteiger partial charge in [0.15, 0.2) is 0 Å². The van der Waals surface area contributed by atoms with Crippen LogP contribution in [-0.4, -0.2) is 12.5 Å². The first-order chi connectivity index (χ1) is 4.79. The topological polar surface area (TPSA) is 52.9 Å². The summed E-state index contributed by atoms with van der Waals surface area (Å²) in [5, 5.41) is 11.2. The van der Waals surface area contributed by atoms with Crippen LogP contribution in [0.15, 0.2) is 0 Å². The Morgan fingerprint density at radius 1 is 1.90 bits per heavy atom. The molecule has 3 nitrogen and oxygen atoms in total. The Bertz CT molecular complexity index is 183. The van der Waals surface area contributed by atoms with Gasteiger partial charge in [-0.1, -0.05) is 6.92 Å². The Morgan fingerprint density at radius 3 is 3.00 bits per heavy atom. The van der Waals surface area contributed by atoms with Gasteiger partial charge in [-0.3, -0.25) is 4.79 Å². The van der Waals surface area contributed by atoms with Crippen molar-refractivity contribution in [2.45, 2.75) is 13.3 Å². The van der Waals surface area contributed by atoms with Crippen LogP contribution in [0.1, 0.15) is 13.3 Å². The van der Waals surface area contributed by atoms with Crippen molar-refractivity contribution in [3.05, 3.63) is 0 Å². The molecular weight excluding hydrogens is 128 g/mol. The monoisotopic (exact) mass is 138 g/mol. The smallest absolute Gasteiger partial charge is 0.237 e. The molecule has 1 rings (SSSR count). The third kappa shape index (κ3) is 0.971. The second kappa shape index (κ2) is 2.70. The molecule has 0 bridgehead atoms. The summed E-state index contributed by atoms with van der Waals surface area (Å²) in [4.78, 5) is 10.8. The molecule has 3 heteroatoms. The summed E-state index contributed by atoms with van der Waals surface area (Å²) in [5.74, 6) is -0.267. The van der Waals surface area contributed by atoms with E-state index in [9.17, 15) is 4.79 Å². The normalized spacial score (nSPS) is 31.4. The van der Waals surface area contributed by atoms with Crippen LogP contribution < -0.4 is 5.32 Å². The second-order valence-corrected chi connectivity index (χ2v) is 2.52. The van der Waals surface area contributed by atoms with Gasteiger partial charge >= 0.3 is 0 Å². The molecule has 1 saturated heterocycles. The average molecular weight is 138 g/mol. The maximum atomic E-state index is 10.8.